The van der Waals surface area contributed by atoms with Crippen LogP contribution in [0.3, 0.4) is 0 Å². The Morgan fingerprint density at radius 1 is 1.11 bits per heavy atom. The van der Waals surface area contributed by atoms with Crippen LogP contribution in [0.25, 0.3) is 5.69 Å². The monoisotopic (exact) mass is 403 g/mol. The Labute approximate surface area is 166 Å². The first-order chi connectivity index (χ1) is 12.9. The Balaban J connectivity index is 1.79. The van der Waals surface area contributed by atoms with Gasteiger partial charge in [0.1, 0.15) is 5.82 Å². The number of carbonyl (C=O) groups excluding carboxylic acids is 1. The van der Waals surface area contributed by atoms with Crippen molar-refractivity contribution in [3.63, 3.8) is 0 Å². The molecule has 3 rings (SSSR count). The Kier molecular flexibility index (Phi) is 5.63. The van der Waals surface area contributed by atoms with E-state index in [0.29, 0.717) is 10.6 Å². The van der Waals surface area contributed by atoms with Crippen LogP contribution in [0, 0.1) is 19.7 Å². The van der Waals surface area contributed by atoms with E-state index in [1.54, 1.807) is 42.6 Å². The fourth-order valence-corrected chi connectivity index (χ4v) is 3.07. The molecule has 1 amide bonds. The Morgan fingerprint density at radius 2 is 1.81 bits per heavy atom. The number of aromatic nitrogens is 1. The van der Waals surface area contributed by atoms with Gasteiger partial charge in [-0.1, -0.05) is 23.2 Å². The zero-order valence-electron chi connectivity index (χ0n) is 14.6. The van der Waals surface area contributed by atoms with Gasteiger partial charge in [-0.2, -0.15) is 5.10 Å². The number of hydrogen-bond donors (Lipinski definition) is 1. The first-order valence-electron chi connectivity index (χ1n) is 8.10. The van der Waals surface area contributed by atoms with Gasteiger partial charge in [0.2, 0.25) is 0 Å². The highest BCUT2D eigenvalue weighted by molar-refractivity contribution is 6.31. The predicted octanol–water partition coefficient (Wildman–Crippen LogP) is 5.30. The summed E-state index contributed by atoms with van der Waals surface area (Å²) in [7, 11) is 0. The van der Waals surface area contributed by atoms with Crippen LogP contribution in [-0.4, -0.2) is 16.7 Å². The van der Waals surface area contributed by atoms with Gasteiger partial charge >= 0.3 is 0 Å². The molecule has 138 valence electrons. The highest BCUT2D eigenvalue weighted by Crippen LogP contribution is 2.24. The number of amides is 1. The predicted molar refractivity (Wildman–Crippen MR) is 107 cm³/mol. The van der Waals surface area contributed by atoms with Crippen molar-refractivity contribution in [1.29, 1.82) is 0 Å². The van der Waals surface area contributed by atoms with E-state index < -0.39 is 5.82 Å². The summed E-state index contributed by atoms with van der Waals surface area (Å²) >= 11 is 11.7. The molecular weight excluding hydrogens is 388 g/mol. The van der Waals surface area contributed by atoms with Crippen LogP contribution in [-0.2, 0) is 0 Å². The van der Waals surface area contributed by atoms with Gasteiger partial charge in [0.25, 0.3) is 5.91 Å². The molecule has 0 unspecified atom stereocenters. The van der Waals surface area contributed by atoms with Crippen LogP contribution in [0.2, 0.25) is 10.0 Å². The van der Waals surface area contributed by atoms with Crippen LogP contribution < -0.4 is 5.43 Å². The number of hydrazone groups is 1. The van der Waals surface area contributed by atoms with E-state index in [1.807, 2.05) is 24.5 Å². The third kappa shape index (κ3) is 4.21. The minimum Gasteiger partial charge on any atom is -0.318 e. The van der Waals surface area contributed by atoms with E-state index in [0.717, 1.165) is 22.6 Å². The fourth-order valence-electron chi connectivity index (χ4n) is 2.77. The van der Waals surface area contributed by atoms with Gasteiger partial charge in [-0.15, -0.1) is 0 Å². The van der Waals surface area contributed by atoms with Crippen LogP contribution in [0.5, 0.6) is 0 Å². The zero-order chi connectivity index (χ0) is 19.6. The summed E-state index contributed by atoms with van der Waals surface area (Å²) < 4.78 is 15.4. The zero-order valence-corrected chi connectivity index (χ0v) is 16.1. The minimum absolute atomic E-state index is 0.0606. The van der Waals surface area contributed by atoms with Crippen molar-refractivity contribution in [2.45, 2.75) is 13.8 Å². The van der Waals surface area contributed by atoms with E-state index in [4.69, 9.17) is 23.2 Å². The van der Waals surface area contributed by atoms with Gasteiger partial charge in [-0.25, -0.2) is 9.82 Å². The van der Waals surface area contributed by atoms with Crippen molar-refractivity contribution >= 4 is 35.3 Å². The van der Waals surface area contributed by atoms with Crippen LogP contribution in [0.1, 0.15) is 27.3 Å². The van der Waals surface area contributed by atoms with Gasteiger partial charge in [0.05, 0.1) is 11.2 Å². The summed E-state index contributed by atoms with van der Waals surface area (Å²) in [5.74, 6) is -0.795. The average molecular weight is 404 g/mol. The summed E-state index contributed by atoms with van der Waals surface area (Å²) in [4.78, 5) is 12.1. The van der Waals surface area contributed by atoms with Crippen molar-refractivity contribution in [2.75, 3.05) is 0 Å². The molecule has 0 bridgehead atoms. The molecule has 0 saturated carbocycles. The summed E-state index contributed by atoms with van der Waals surface area (Å²) in [5.41, 5.74) is 6.34. The molecule has 0 atom stereocenters. The quantitative estimate of drug-likeness (QED) is 0.465. The second kappa shape index (κ2) is 7.94. The Bertz CT molecular complexity index is 1030. The SMILES string of the molecule is Cc1cc(/C=N\NC(=O)c2ccc(Cl)cc2)c(C)n1-c1ccc(F)c(Cl)c1. The molecule has 0 aliphatic rings. The van der Waals surface area contributed by atoms with Gasteiger partial charge in [0.15, 0.2) is 0 Å². The molecule has 1 aromatic heterocycles. The molecule has 0 fully saturated rings. The fraction of sp³-hybridized carbons (Fsp3) is 0.100. The Morgan fingerprint density at radius 3 is 2.48 bits per heavy atom. The molecule has 3 aromatic rings. The number of nitrogens with one attached hydrogen (secondary N) is 1. The molecule has 7 heteroatoms. The standard InChI is InChI=1S/C20H16Cl2FN3O/c1-12-9-15(11-24-25-20(27)14-3-5-16(21)6-4-14)13(2)26(12)17-7-8-19(23)18(22)10-17/h3-11H,1-2H3,(H,25,27)/b24-11-. The average Bonchev–Trinajstić information content (AvgIpc) is 2.92. The van der Waals surface area contributed by atoms with Crippen LogP contribution in [0.15, 0.2) is 53.6 Å². The van der Waals surface area contributed by atoms with Crippen LogP contribution >= 0.6 is 23.2 Å². The number of carbonyl (C=O) groups is 1. The lowest BCUT2D eigenvalue weighted by atomic mass is 10.2. The molecule has 0 spiro atoms. The van der Waals surface area contributed by atoms with Crippen molar-refractivity contribution < 1.29 is 9.18 Å². The molecule has 0 aliphatic carbocycles. The molecule has 27 heavy (non-hydrogen) atoms. The number of hydrogen-bond acceptors (Lipinski definition) is 2. The number of halogens is 3. The van der Waals surface area contributed by atoms with E-state index in [9.17, 15) is 9.18 Å². The molecule has 2 aromatic carbocycles. The second-order valence-electron chi connectivity index (χ2n) is 5.97. The molecule has 1 N–H and O–H groups in total. The van der Waals surface area contributed by atoms with Crippen molar-refractivity contribution in [2.24, 2.45) is 5.10 Å². The minimum atomic E-state index is -0.463. The van der Waals surface area contributed by atoms with E-state index >= 15 is 0 Å². The number of aryl methyl sites for hydroxylation is 1. The highest BCUT2D eigenvalue weighted by atomic mass is 35.5. The second-order valence-corrected chi connectivity index (χ2v) is 6.81. The van der Waals surface area contributed by atoms with Crippen molar-refractivity contribution in [3.05, 3.63) is 86.9 Å². The Hall–Kier alpha value is -2.63. The molecular formula is C20H16Cl2FN3O. The third-order valence-electron chi connectivity index (χ3n) is 4.11. The third-order valence-corrected chi connectivity index (χ3v) is 4.65. The number of rotatable bonds is 4. The summed E-state index contributed by atoms with van der Waals surface area (Å²) in [5, 5.41) is 4.64. The van der Waals surface area contributed by atoms with E-state index in [2.05, 4.69) is 10.5 Å². The number of nitrogens with zero attached hydrogens (tertiary/aromatic N) is 2. The maximum Gasteiger partial charge on any atom is 0.271 e. The maximum atomic E-state index is 13.4. The number of benzene rings is 2. The lowest BCUT2D eigenvalue weighted by Crippen LogP contribution is -2.17. The van der Waals surface area contributed by atoms with E-state index in [-0.39, 0.29) is 10.9 Å². The normalized spacial score (nSPS) is 11.1. The molecule has 4 nitrogen and oxygen atoms in total. The van der Waals surface area contributed by atoms with E-state index in [1.165, 1.54) is 6.07 Å². The maximum absolute atomic E-state index is 13.4. The lowest BCUT2D eigenvalue weighted by molar-refractivity contribution is 0.0955. The van der Waals surface area contributed by atoms with Crippen molar-refractivity contribution in [3.8, 4) is 5.69 Å². The molecule has 0 radical (unpaired) electrons. The molecule has 0 aliphatic heterocycles. The summed E-state index contributed by atoms with van der Waals surface area (Å²) in [6.45, 7) is 3.83. The summed E-state index contributed by atoms with van der Waals surface area (Å²) in [6.07, 6.45) is 1.57. The van der Waals surface area contributed by atoms with Gasteiger partial charge in [-0.05, 0) is 62.4 Å². The highest BCUT2D eigenvalue weighted by Gasteiger charge is 2.11. The first kappa shape index (κ1) is 19.1. The topological polar surface area (TPSA) is 46.4 Å². The molecule has 1 heterocycles. The first-order valence-corrected chi connectivity index (χ1v) is 8.86. The van der Waals surface area contributed by atoms with Crippen molar-refractivity contribution in [1.82, 2.24) is 9.99 Å². The van der Waals surface area contributed by atoms with Crippen LogP contribution in [0.4, 0.5) is 4.39 Å². The smallest absolute Gasteiger partial charge is 0.271 e. The lowest BCUT2D eigenvalue weighted by Gasteiger charge is -2.10. The van der Waals surface area contributed by atoms with Gasteiger partial charge in [-0.3, -0.25) is 4.79 Å². The largest absolute Gasteiger partial charge is 0.318 e. The summed E-state index contributed by atoms with van der Waals surface area (Å²) in [6, 6.07) is 13.0. The molecule has 0 saturated heterocycles. The van der Waals surface area contributed by atoms with Gasteiger partial charge in [0, 0.05) is 33.2 Å². The van der Waals surface area contributed by atoms with Gasteiger partial charge < -0.3 is 4.57 Å².